The topological polar surface area (TPSA) is 55.0 Å². The molecule has 1 aromatic rings. The highest BCUT2D eigenvalue weighted by atomic mass is 15.3. The smallest absolute Gasteiger partial charge is 0.151 e. The van der Waals surface area contributed by atoms with E-state index in [0.717, 1.165) is 37.4 Å². The summed E-state index contributed by atoms with van der Waals surface area (Å²) in [5, 5.41) is 8.20. The first-order valence-electron chi connectivity index (χ1n) is 5.06. The average Bonchev–Trinajstić information content (AvgIpc) is 2.19. The molecular weight excluding hydrogens is 176 g/mol. The summed E-state index contributed by atoms with van der Waals surface area (Å²) < 4.78 is 0. The number of nitrogens with zero attached hydrogens (tertiary/aromatic N) is 3. The Morgan fingerprint density at radius 3 is 2.93 bits per heavy atom. The summed E-state index contributed by atoms with van der Waals surface area (Å²) in [5.41, 5.74) is 6.86. The zero-order valence-electron chi connectivity index (χ0n) is 8.48. The lowest BCUT2D eigenvalue weighted by atomic mass is 10.1. The maximum Gasteiger partial charge on any atom is 0.151 e. The van der Waals surface area contributed by atoms with Gasteiger partial charge in [-0.2, -0.15) is 5.10 Å². The number of anilines is 1. The van der Waals surface area contributed by atoms with Gasteiger partial charge in [0.25, 0.3) is 0 Å². The molecule has 2 N–H and O–H groups in total. The molecule has 0 amide bonds. The molecule has 4 nitrogen and oxygen atoms in total. The fraction of sp³-hybridized carbons (Fsp3) is 0.600. The van der Waals surface area contributed by atoms with Crippen molar-refractivity contribution in [3.05, 3.63) is 17.8 Å². The minimum absolute atomic E-state index is 0.284. The summed E-state index contributed by atoms with van der Waals surface area (Å²) in [6, 6.07) is 4.29. The molecule has 4 heteroatoms. The Hall–Kier alpha value is -1.16. The summed E-state index contributed by atoms with van der Waals surface area (Å²) in [4.78, 5) is 2.21. The van der Waals surface area contributed by atoms with Gasteiger partial charge in [-0.1, -0.05) is 0 Å². The van der Waals surface area contributed by atoms with E-state index in [9.17, 15) is 0 Å². The van der Waals surface area contributed by atoms with Gasteiger partial charge < -0.3 is 10.6 Å². The van der Waals surface area contributed by atoms with Crippen LogP contribution in [0.4, 0.5) is 5.82 Å². The average molecular weight is 192 g/mol. The van der Waals surface area contributed by atoms with E-state index in [1.54, 1.807) is 0 Å². The maximum atomic E-state index is 5.90. The number of aromatic nitrogens is 2. The highest BCUT2D eigenvalue weighted by Gasteiger charge is 2.17. The van der Waals surface area contributed by atoms with Gasteiger partial charge >= 0.3 is 0 Å². The highest BCUT2D eigenvalue weighted by molar-refractivity contribution is 5.37. The van der Waals surface area contributed by atoms with Crippen LogP contribution in [0, 0.1) is 6.92 Å². The van der Waals surface area contributed by atoms with Gasteiger partial charge in [0.2, 0.25) is 0 Å². The number of aryl methyl sites for hydroxylation is 1. The lowest BCUT2D eigenvalue weighted by Crippen LogP contribution is -2.43. The summed E-state index contributed by atoms with van der Waals surface area (Å²) in [7, 11) is 0. The Kier molecular flexibility index (Phi) is 2.63. The van der Waals surface area contributed by atoms with Crippen molar-refractivity contribution >= 4 is 5.82 Å². The van der Waals surface area contributed by atoms with Crippen LogP contribution in [0.5, 0.6) is 0 Å². The van der Waals surface area contributed by atoms with E-state index in [0.29, 0.717) is 0 Å². The van der Waals surface area contributed by atoms with E-state index < -0.39 is 0 Å². The number of piperidine rings is 1. The highest BCUT2D eigenvalue weighted by Crippen LogP contribution is 2.15. The van der Waals surface area contributed by atoms with Gasteiger partial charge in [0.1, 0.15) is 0 Å². The Morgan fingerprint density at radius 1 is 1.43 bits per heavy atom. The predicted octanol–water partition coefficient (Wildman–Crippen LogP) is 0.713. The van der Waals surface area contributed by atoms with Crippen LogP contribution in [0.1, 0.15) is 18.5 Å². The molecule has 0 aliphatic carbocycles. The van der Waals surface area contributed by atoms with Crippen molar-refractivity contribution in [2.24, 2.45) is 5.73 Å². The van der Waals surface area contributed by atoms with Crippen LogP contribution < -0.4 is 10.6 Å². The van der Waals surface area contributed by atoms with Crippen molar-refractivity contribution in [1.82, 2.24) is 10.2 Å². The van der Waals surface area contributed by atoms with Crippen molar-refractivity contribution < 1.29 is 0 Å². The van der Waals surface area contributed by atoms with Gasteiger partial charge in [0.05, 0.1) is 5.69 Å². The number of hydrogen-bond acceptors (Lipinski definition) is 4. The summed E-state index contributed by atoms with van der Waals surface area (Å²) in [6.07, 6.45) is 2.27. The molecule has 1 unspecified atom stereocenters. The standard InChI is InChI=1S/C10H16N4/c1-8-4-5-10(13-12-8)14-6-2-3-9(11)7-14/h4-5,9H,2-3,6-7,11H2,1H3. The quantitative estimate of drug-likeness (QED) is 0.712. The van der Waals surface area contributed by atoms with Gasteiger partial charge in [-0.05, 0) is 31.9 Å². The minimum atomic E-state index is 0.284. The fourth-order valence-electron chi connectivity index (χ4n) is 1.78. The third kappa shape index (κ3) is 2.01. The zero-order valence-corrected chi connectivity index (χ0v) is 8.48. The second kappa shape index (κ2) is 3.92. The van der Waals surface area contributed by atoms with Crippen molar-refractivity contribution in [3.8, 4) is 0 Å². The molecule has 1 atom stereocenters. The SMILES string of the molecule is Cc1ccc(N2CCCC(N)C2)nn1. The normalized spacial score (nSPS) is 22.4. The first-order chi connectivity index (χ1) is 6.75. The Balaban J connectivity index is 2.10. The maximum absolute atomic E-state index is 5.90. The molecule has 0 spiro atoms. The van der Waals surface area contributed by atoms with Crippen LogP contribution >= 0.6 is 0 Å². The molecule has 1 fully saturated rings. The molecule has 1 aromatic heterocycles. The molecular formula is C10H16N4. The minimum Gasteiger partial charge on any atom is -0.354 e. The Bertz CT molecular complexity index is 295. The second-order valence-electron chi connectivity index (χ2n) is 3.88. The van der Waals surface area contributed by atoms with Crippen molar-refractivity contribution in [1.29, 1.82) is 0 Å². The molecule has 0 aromatic carbocycles. The third-order valence-electron chi connectivity index (χ3n) is 2.57. The van der Waals surface area contributed by atoms with Crippen LogP contribution in [-0.4, -0.2) is 29.3 Å². The molecule has 1 aliphatic heterocycles. The molecule has 1 aliphatic rings. The number of nitrogens with two attached hydrogens (primary N) is 1. The number of hydrogen-bond donors (Lipinski definition) is 1. The largest absolute Gasteiger partial charge is 0.354 e. The van der Waals surface area contributed by atoms with Crippen LogP contribution in [0.3, 0.4) is 0 Å². The van der Waals surface area contributed by atoms with E-state index in [-0.39, 0.29) is 6.04 Å². The van der Waals surface area contributed by atoms with Crippen LogP contribution in [0.15, 0.2) is 12.1 Å². The van der Waals surface area contributed by atoms with Gasteiger partial charge in [0.15, 0.2) is 5.82 Å². The second-order valence-corrected chi connectivity index (χ2v) is 3.88. The molecule has 0 radical (unpaired) electrons. The lowest BCUT2D eigenvalue weighted by molar-refractivity contribution is 0.502. The lowest BCUT2D eigenvalue weighted by Gasteiger charge is -2.31. The molecule has 76 valence electrons. The van der Waals surface area contributed by atoms with Crippen molar-refractivity contribution in [2.75, 3.05) is 18.0 Å². The van der Waals surface area contributed by atoms with Crippen molar-refractivity contribution in [2.45, 2.75) is 25.8 Å². The van der Waals surface area contributed by atoms with Crippen LogP contribution in [0.25, 0.3) is 0 Å². The van der Waals surface area contributed by atoms with Crippen LogP contribution in [-0.2, 0) is 0 Å². The Morgan fingerprint density at radius 2 is 2.29 bits per heavy atom. The molecule has 0 bridgehead atoms. The van der Waals surface area contributed by atoms with E-state index in [4.69, 9.17) is 5.73 Å². The zero-order chi connectivity index (χ0) is 9.97. The van der Waals surface area contributed by atoms with Gasteiger partial charge in [0, 0.05) is 19.1 Å². The van der Waals surface area contributed by atoms with Gasteiger partial charge in [-0.15, -0.1) is 5.10 Å². The first kappa shape index (κ1) is 9.40. The fourth-order valence-corrected chi connectivity index (χ4v) is 1.78. The third-order valence-corrected chi connectivity index (χ3v) is 2.57. The molecule has 2 heterocycles. The molecule has 0 saturated carbocycles. The van der Waals surface area contributed by atoms with E-state index in [1.165, 1.54) is 0 Å². The van der Waals surface area contributed by atoms with Crippen molar-refractivity contribution in [3.63, 3.8) is 0 Å². The molecule has 14 heavy (non-hydrogen) atoms. The summed E-state index contributed by atoms with van der Waals surface area (Å²) in [5.74, 6) is 0.950. The predicted molar refractivity (Wildman–Crippen MR) is 56.2 cm³/mol. The van der Waals surface area contributed by atoms with Crippen LogP contribution in [0.2, 0.25) is 0 Å². The Labute approximate surface area is 84.1 Å². The summed E-state index contributed by atoms with van der Waals surface area (Å²) in [6.45, 7) is 3.89. The van der Waals surface area contributed by atoms with E-state index in [2.05, 4.69) is 15.1 Å². The van der Waals surface area contributed by atoms with E-state index >= 15 is 0 Å². The van der Waals surface area contributed by atoms with E-state index in [1.807, 2.05) is 19.1 Å². The number of rotatable bonds is 1. The monoisotopic (exact) mass is 192 g/mol. The molecule has 1 saturated heterocycles. The summed E-state index contributed by atoms with van der Waals surface area (Å²) >= 11 is 0. The van der Waals surface area contributed by atoms with Gasteiger partial charge in [-0.3, -0.25) is 0 Å². The molecule has 2 rings (SSSR count). The van der Waals surface area contributed by atoms with Gasteiger partial charge in [-0.25, -0.2) is 0 Å². The first-order valence-corrected chi connectivity index (χ1v) is 5.06.